The number of piperidine rings is 1. The van der Waals surface area contributed by atoms with Gasteiger partial charge in [-0.1, -0.05) is 0 Å². The zero-order valence-electron chi connectivity index (χ0n) is 15.0. The molecule has 4 rings (SSSR count). The SMILES string of the molecule is O=C(COCc1nc2ccc(F)cc2[nH]1)N1CCCC(Cn2ccnc2)C1. The van der Waals surface area contributed by atoms with E-state index >= 15 is 0 Å². The number of hydrogen-bond acceptors (Lipinski definition) is 4. The van der Waals surface area contributed by atoms with E-state index < -0.39 is 0 Å². The highest BCUT2D eigenvalue weighted by Gasteiger charge is 2.23. The van der Waals surface area contributed by atoms with E-state index in [9.17, 15) is 9.18 Å². The summed E-state index contributed by atoms with van der Waals surface area (Å²) in [5.41, 5.74) is 1.30. The minimum atomic E-state index is -0.316. The molecule has 1 N–H and O–H groups in total. The van der Waals surface area contributed by atoms with Crippen LogP contribution in [0.5, 0.6) is 0 Å². The molecule has 3 aromatic rings. The quantitative estimate of drug-likeness (QED) is 0.722. The molecule has 1 aliphatic rings. The van der Waals surface area contributed by atoms with Crippen LogP contribution in [0, 0.1) is 11.7 Å². The first kappa shape index (κ1) is 17.7. The van der Waals surface area contributed by atoms with Crippen LogP contribution in [-0.2, 0) is 22.7 Å². The molecule has 0 saturated carbocycles. The Kier molecular flexibility index (Phi) is 5.15. The summed E-state index contributed by atoms with van der Waals surface area (Å²) in [7, 11) is 0. The number of nitrogens with one attached hydrogen (secondary N) is 1. The van der Waals surface area contributed by atoms with E-state index in [1.165, 1.54) is 12.1 Å². The van der Waals surface area contributed by atoms with E-state index in [0.29, 0.717) is 22.8 Å². The van der Waals surface area contributed by atoms with Crippen LogP contribution >= 0.6 is 0 Å². The van der Waals surface area contributed by atoms with E-state index in [4.69, 9.17) is 4.74 Å². The van der Waals surface area contributed by atoms with Crippen LogP contribution in [0.1, 0.15) is 18.7 Å². The van der Waals surface area contributed by atoms with Crippen molar-refractivity contribution < 1.29 is 13.9 Å². The Morgan fingerprint density at radius 2 is 2.33 bits per heavy atom. The Bertz CT molecular complexity index is 908. The molecule has 1 fully saturated rings. The number of hydrogen-bond donors (Lipinski definition) is 1. The lowest BCUT2D eigenvalue weighted by atomic mass is 9.98. The second kappa shape index (κ2) is 7.87. The van der Waals surface area contributed by atoms with Gasteiger partial charge < -0.3 is 19.2 Å². The lowest BCUT2D eigenvalue weighted by Gasteiger charge is -2.32. The van der Waals surface area contributed by atoms with Crippen molar-refractivity contribution in [3.63, 3.8) is 0 Å². The molecule has 1 atom stereocenters. The number of likely N-dealkylation sites (tertiary alicyclic amines) is 1. The average molecular weight is 371 g/mol. The third-order valence-electron chi connectivity index (χ3n) is 4.86. The van der Waals surface area contributed by atoms with Crippen molar-refractivity contribution >= 4 is 16.9 Å². The largest absolute Gasteiger partial charge is 0.364 e. The number of aromatic amines is 1. The Morgan fingerprint density at radius 3 is 3.19 bits per heavy atom. The van der Waals surface area contributed by atoms with Gasteiger partial charge in [0.2, 0.25) is 5.91 Å². The number of H-pyrrole nitrogens is 1. The normalized spacial score (nSPS) is 17.5. The molecule has 142 valence electrons. The van der Waals surface area contributed by atoms with Crippen LogP contribution in [0.15, 0.2) is 36.9 Å². The smallest absolute Gasteiger partial charge is 0.248 e. The first-order valence-corrected chi connectivity index (χ1v) is 9.13. The van der Waals surface area contributed by atoms with Crippen molar-refractivity contribution in [3.05, 3.63) is 48.6 Å². The highest BCUT2D eigenvalue weighted by atomic mass is 19.1. The van der Waals surface area contributed by atoms with Gasteiger partial charge in [0.05, 0.1) is 17.4 Å². The van der Waals surface area contributed by atoms with E-state index in [2.05, 4.69) is 19.5 Å². The van der Waals surface area contributed by atoms with Crippen molar-refractivity contribution in [1.29, 1.82) is 0 Å². The monoisotopic (exact) mass is 371 g/mol. The summed E-state index contributed by atoms with van der Waals surface area (Å²) in [6, 6.07) is 4.38. The fraction of sp³-hybridized carbons (Fsp3) is 0.421. The molecule has 0 aliphatic carbocycles. The molecular weight excluding hydrogens is 349 g/mol. The fourth-order valence-corrected chi connectivity index (χ4v) is 3.56. The number of fused-ring (bicyclic) bond motifs is 1. The van der Waals surface area contributed by atoms with Crippen LogP contribution in [0.2, 0.25) is 0 Å². The molecule has 8 heteroatoms. The molecule has 0 radical (unpaired) electrons. The van der Waals surface area contributed by atoms with Gasteiger partial charge in [0.1, 0.15) is 24.9 Å². The maximum atomic E-state index is 13.2. The van der Waals surface area contributed by atoms with Crippen LogP contribution in [0.25, 0.3) is 11.0 Å². The molecule has 27 heavy (non-hydrogen) atoms. The summed E-state index contributed by atoms with van der Waals surface area (Å²) in [5, 5.41) is 0. The second-order valence-electron chi connectivity index (χ2n) is 6.95. The number of nitrogens with zero attached hydrogens (tertiary/aromatic N) is 4. The van der Waals surface area contributed by atoms with Crippen LogP contribution < -0.4 is 0 Å². The van der Waals surface area contributed by atoms with Crippen molar-refractivity contribution in [1.82, 2.24) is 24.4 Å². The molecule has 1 saturated heterocycles. The van der Waals surface area contributed by atoms with Crippen LogP contribution in [-0.4, -0.2) is 50.0 Å². The number of carbonyl (C=O) groups is 1. The highest BCUT2D eigenvalue weighted by molar-refractivity contribution is 5.77. The number of halogens is 1. The van der Waals surface area contributed by atoms with E-state index in [1.54, 1.807) is 12.3 Å². The zero-order valence-corrected chi connectivity index (χ0v) is 15.0. The molecule has 3 heterocycles. The highest BCUT2D eigenvalue weighted by Crippen LogP contribution is 2.19. The molecule has 1 amide bonds. The summed E-state index contributed by atoms with van der Waals surface area (Å²) >= 11 is 0. The van der Waals surface area contributed by atoms with Gasteiger partial charge in [-0.2, -0.15) is 0 Å². The van der Waals surface area contributed by atoms with E-state index in [-0.39, 0.29) is 24.9 Å². The number of ether oxygens (including phenoxy) is 1. The maximum Gasteiger partial charge on any atom is 0.248 e. The van der Waals surface area contributed by atoms with Gasteiger partial charge in [-0.15, -0.1) is 0 Å². The zero-order chi connectivity index (χ0) is 18.6. The van der Waals surface area contributed by atoms with Crippen molar-refractivity contribution in [2.24, 2.45) is 5.92 Å². The number of carbonyl (C=O) groups excluding carboxylic acids is 1. The summed E-state index contributed by atoms with van der Waals surface area (Å²) in [5.74, 6) is 0.693. The summed E-state index contributed by atoms with van der Waals surface area (Å²) in [4.78, 5) is 25.7. The maximum absolute atomic E-state index is 13.2. The van der Waals surface area contributed by atoms with Crippen molar-refractivity contribution in [2.45, 2.75) is 26.0 Å². The third-order valence-corrected chi connectivity index (χ3v) is 4.86. The molecule has 0 bridgehead atoms. The molecule has 1 aromatic carbocycles. The van der Waals surface area contributed by atoms with Gasteiger partial charge in [-0.3, -0.25) is 4.79 Å². The van der Waals surface area contributed by atoms with Gasteiger partial charge >= 0.3 is 0 Å². The molecule has 2 aromatic heterocycles. The van der Waals surface area contributed by atoms with Crippen molar-refractivity contribution in [2.75, 3.05) is 19.7 Å². The Labute approximate surface area is 156 Å². The second-order valence-corrected chi connectivity index (χ2v) is 6.95. The van der Waals surface area contributed by atoms with Gasteiger partial charge in [-0.05, 0) is 37.0 Å². The number of amides is 1. The Balaban J connectivity index is 1.26. The number of benzene rings is 1. The third kappa shape index (κ3) is 4.33. The van der Waals surface area contributed by atoms with Gasteiger partial charge in [0.25, 0.3) is 0 Å². The number of rotatable bonds is 6. The first-order valence-electron chi connectivity index (χ1n) is 9.13. The molecule has 1 unspecified atom stereocenters. The topological polar surface area (TPSA) is 76.0 Å². The summed E-state index contributed by atoms with van der Waals surface area (Å²) in [6.07, 6.45) is 7.64. The standard InChI is InChI=1S/C19H22FN5O2/c20-15-3-4-16-17(8-15)23-18(22-16)11-27-12-19(26)25-6-1-2-14(10-25)9-24-7-5-21-13-24/h3-5,7-8,13-14H,1-2,6,9-12H2,(H,22,23). The first-order chi connectivity index (χ1) is 13.2. The Hall–Kier alpha value is -2.74. The number of aromatic nitrogens is 4. The molecule has 0 spiro atoms. The lowest BCUT2D eigenvalue weighted by molar-refractivity contribution is -0.138. The van der Waals surface area contributed by atoms with Gasteiger partial charge in [-0.25, -0.2) is 14.4 Å². The molecule has 1 aliphatic heterocycles. The van der Waals surface area contributed by atoms with Gasteiger partial charge in [0.15, 0.2) is 0 Å². The Morgan fingerprint density at radius 1 is 1.41 bits per heavy atom. The van der Waals surface area contributed by atoms with E-state index in [0.717, 1.165) is 32.5 Å². The molecule has 7 nitrogen and oxygen atoms in total. The minimum absolute atomic E-state index is 0.00696. The van der Waals surface area contributed by atoms with Crippen LogP contribution in [0.4, 0.5) is 4.39 Å². The van der Waals surface area contributed by atoms with E-state index in [1.807, 2.05) is 17.4 Å². The van der Waals surface area contributed by atoms with Crippen molar-refractivity contribution in [3.8, 4) is 0 Å². The number of imidazole rings is 2. The molecular formula is C19H22FN5O2. The average Bonchev–Trinajstić information content (AvgIpc) is 3.31. The summed E-state index contributed by atoms with van der Waals surface area (Å²) in [6.45, 7) is 2.59. The summed E-state index contributed by atoms with van der Waals surface area (Å²) < 4.78 is 20.8. The predicted molar refractivity (Wildman–Crippen MR) is 97.2 cm³/mol. The predicted octanol–water partition coefficient (Wildman–Crippen LogP) is 2.35. The van der Waals surface area contributed by atoms with Gasteiger partial charge in [0, 0.05) is 32.0 Å². The lowest BCUT2D eigenvalue weighted by Crippen LogP contribution is -2.42. The van der Waals surface area contributed by atoms with Crippen LogP contribution in [0.3, 0.4) is 0 Å². The fourth-order valence-electron chi connectivity index (χ4n) is 3.56. The minimum Gasteiger partial charge on any atom is -0.364 e.